The standard InChI is InChI=1S/C10H21NO2/c1-6-7-8(11-4)10(2,3)9(12)13-5/h8,11H,6-7H2,1-5H3. The van der Waals surface area contributed by atoms with Gasteiger partial charge in [-0.3, -0.25) is 4.79 Å². The lowest BCUT2D eigenvalue weighted by molar-refractivity contribution is -0.152. The highest BCUT2D eigenvalue weighted by Gasteiger charge is 2.36. The minimum absolute atomic E-state index is 0.152. The van der Waals surface area contributed by atoms with E-state index in [0.29, 0.717) is 0 Å². The van der Waals surface area contributed by atoms with Crippen molar-refractivity contribution < 1.29 is 9.53 Å². The number of esters is 1. The van der Waals surface area contributed by atoms with E-state index in [0.717, 1.165) is 12.8 Å². The van der Waals surface area contributed by atoms with Gasteiger partial charge < -0.3 is 10.1 Å². The van der Waals surface area contributed by atoms with Crippen molar-refractivity contribution in [2.45, 2.75) is 39.7 Å². The highest BCUT2D eigenvalue weighted by Crippen LogP contribution is 2.25. The predicted molar refractivity (Wildman–Crippen MR) is 53.6 cm³/mol. The molecule has 78 valence electrons. The molecule has 0 aliphatic carbocycles. The number of methoxy groups -OCH3 is 1. The molecule has 1 atom stereocenters. The van der Waals surface area contributed by atoms with Gasteiger partial charge in [0.25, 0.3) is 0 Å². The lowest BCUT2D eigenvalue weighted by Crippen LogP contribution is -2.45. The third-order valence-corrected chi connectivity index (χ3v) is 2.51. The Balaban J connectivity index is 4.45. The van der Waals surface area contributed by atoms with E-state index in [2.05, 4.69) is 12.2 Å². The molecule has 0 radical (unpaired) electrons. The zero-order chi connectivity index (χ0) is 10.5. The van der Waals surface area contributed by atoms with Crippen LogP contribution in [0.3, 0.4) is 0 Å². The number of hydrogen-bond donors (Lipinski definition) is 1. The fourth-order valence-corrected chi connectivity index (χ4v) is 1.56. The summed E-state index contributed by atoms with van der Waals surface area (Å²) in [6.45, 7) is 5.93. The van der Waals surface area contributed by atoms with E-state index in [1.807, 2.05) is 20.9 Å². The van der Waals surface area contributed by atoms with Gasteiger partial charge in [-0.2, -0.15) is 0 Å². The second kappa shape index (κ2) is 5.22. The van der Waals surface area contributed by atoms with Crippen molar-refractivity contribution in [2.24, 2.45) is 5.41 Å². The summed E-state index contributed by atoms with van der Waals surface area (Å²) in [5, 5.41) is 3.16. The van der Waals surface area contributed by atoms with Crippen molar-refractivity contribution in [3.05, 3.63) is 0 Å². The van der Waals surface area contributed by atoms with Gasteiger partial charge in [0.1, 0.15) is 0 Å². The number of nitrogens with one attached hydrogen (secondary N) is 1. The Kier molecular flexibility index (Phi) is 4.99. The van der Waals surface area contributed by atoms with Crippen LogP contribution < -0.4 is 5.32 Å². The fraction of sp³-hybridized carbons (Fsp3) is 0.900. The van der Waals surface area contributed by atoms with Crippen LogP contribution >= 0.6 is 0 Å². The van der Waals surface area contributed by atoms with E-state index < -0.39 is 5.41 Å². The summed E-state index contributed by atoms with van der Waals surface area (Å²) >= 11 is 0. The third kappa shape index (κ3) is 2.99. The molecule has 0 aliphatic rings. The van der Waals surface area contributed by atoms with Gasteiger partial charge in [-0.1, -0.05) is 13.3 Å². The Hall–Kier alpha value is -0.570. The van der Waals surface area contributed by atoms with E-state index in [1.54, 1.807) is 0 Å². The zero-order valence-corrected chi connectivity index (χ0v) is 9.31. The minimum atomic E-state index is -0.445. The topological polar surface area (TPSA) is 38.3 Å². The second-order valence-electron chi connectivity index (χ2n) is 3.84. The van der Waals surface area contributed by atoms with Crippen LogP contribution in [0.1, 0.15) is 33.6 Å². The first-order valence-electron chi connectivity index (χ1n) is 4.76. The molecule has 0 amide bonds. The largest absolute Gasteiger partial charge is 0.469 e. The van der Waals surface area contributed by atoms with Gasteiger partial charge in [-0.25, -0.2) is 0 Å². The van der Waals surface area contributed by atoms with Gasteiger partial charge in [-0.05, 0) is 27.3 Å². The Morgan fingerprint density at radius 1 is 1.54 bits per heavy atom. The number of carbonyl (C=O) groups is 1. The lowest BCUT2D eigenvalue weighted by Gasteiger charge is -2.31. The smallest absolute Gasteiger partial charge is 0.312 e. The molecule has 0 aliphatic heterocycles. The van der Waals surface area contributed by atoms with E-state index in [4.69, 9.17) is 4.74 Å². The summed E-state index contributed by atoms with van der Waals surface area (Å²) in [4.78, 5) is 11.4. The van der Waals surface area contributed by atoms with E-state index in [-0.39, 0.29) is 12.0 Å². The molecule has 0 saturated carbocycles. The monoisotopic (exact) mass is 187 g/mol. The highest BCUT2D eigenvalue weighted by atomic mass is 16.5. The van der Waals surface area contributed by atoms with Crippen LogP contribution in [0.15, 0.2) is 0 Å². The molecule has 3 nitrogen and oxygen atoms in total. The van der Waals surface area contributed by atoms with Crippen LogP contribution in [-0.4, -0.2) is 26.2 Å². The van der Waals surface area contributed by atoms with Gasteiger partial charge in [0.05, 0.1) is 12.5 Å². The average Bonchev–Trinajstić information content (AvgIpc) is 2.12. The molecule has 0 saturated heterocycles. The molecule has 1 unspecified atom stereocenters. The minimum Gasteiger partial charge on any atom is -0.469 e. The van der Waals surface area contributed by atoms with Gasteiger partial charge in [0, 0.05) is 6.04 Å². The molecule has 0 spiro atoms. The lowest BCUT2D eigenvalue weighted by atomic mass is 9.82. The van der Waals surface area contributed by atoms with Crippen molar-refractivity contribution in [2.75, 3.05) is 14.2 Å². The summed E-state index contributed by atoms with van der Waals surface area (Å²) in [7, 11) is 3.31. The summed E-state index contributed by atoms with van der Waals surface area (Å²) in [6, 6.07) is 0.185. The van der Waals surface area contributed by atoms with Gasteiger partial charge in [0.15, 0.2) is 0 Å². The van der Waals surface area contributed by atoms with Crippen molar-refractivity contribution >= 4 is 5.97 Å². The maximum Gasteiger partial charge on any atom is 0.312 e. The number of carbonyl (C=O) groups excluding carboxylic acids is 1. The van der Waals surface area contributed by atoms with Crippen LogP contribution in [0.2, 0.25) is 0 Å². The highest BCUT2D eigenvalue weighted by molar-refractivity contribution is 5.76. The molecule has 0 rings (SSSR count). The van der Waals surface area contributed by atoms with Crippen molar-refractivity contribution in [1.82, 2.24) is 5.32 Å². The predicted octanol–water partition coefficient (Wildman–Crippen LogP) is 1.57. The summed E-state index contributed by atoms with van der Waals surface area (Å²) in [5.74, 6) is -0.152. The molecule has 3 heteroatoms. The van der Waals surface area contributed by atoms with E-state index >= 15 is 0 Å². The Morgan fingerprint density at radius 3 is 2.38 bits per heavy atom. The molecular formula is C10H21NO2. The molecule has 0 heterocycles. The van der Waals surface area contributed by atoms with Crippen LogP contribution in [0.4, 0.5) is 0 Å². The quantitative estimate of drug-likeness (QED) is 0.664. The summed E-state index contributed by atoms with van der Waals surface area (Å²) in [6.07, 6.45) is 2.05. The first-order chi connectivity index (χ1) is 6.00. The van der Waals surface area contributed by atoms with Crippen molar-refractivity contribution in [3.63, 3.8) is 0 Å². The molecule has 13 heavy (non-hydrogen) atoms. The van der Waals surface area contributed by atoms with Crippen molar-refractivity contribution in [3.8, 4) is 0 Å². The maximum atomic E-state index is 11.4. The Bertz CT molecular complexity index is 166. The molecule has 0 aromatic rings. The average molecular weight is 187 g/mol. The second-order valence-corrected chi connectivity index (χ2v) is 3.84. The first kappa shape index (κ1) is 12.4. The summed E-state index contributed by atoms with van der Waals surface area (Å²) in [5.41, 5.74) is -0.445. The number of rotatable bonds is 5. The molecule has 0 bridgehead atoms. The normalized spacial score (nSPS) is 13.9. The van der Waals surface area contributed by atoms with Crippen LogP contribution in [0, 0.1) is 5.41 Å². The molecule has 0 aromatic carbocycles. The SMILES string of the molecule is CCCC(NC)C(C)(C)C(=O)OC. The number of ether oxygens (including phenoxy) is 1. The van der Waals surface area contributed by atoms with Crippen molar-refractivity contribution in [1.29, 1.82) is 0 Å². The van der Waals surface area contributed by atoms with E-state index in [1.165, 1.54) is 7.11 Å². The van der Waals surface area contributed by atoms with Gasteiger partial charge >= 0.3 is 5.97 Å². The maximum absolute atomic E-state index is 11.4. The molecule has 0 fully saturated rings. The Labute approximate surface area is 80.8 Å². The third-order valence-electron chi connectivity index (χ3n) is 2.51. The Morgan fingerprint density at radius 2 is 2.08 bits per heavy atom. The van der Waals surface area contributed by atoms with Gasteiger partial charge in [-0.15, -0.1) is 0 Å². The zero-order valence-electron chi connectivity index (χ0n) is 9.31. The fourth-order valence-electron chi connectivity index (χ4n) is 1.56. The van der Waals surface area contributed by atoms with E-state index in [9.17, 15) is 4.79 Å². The molecule has 0 aromatic heterocycles. The molecule has 1 N–H and O–H groups in total. The molecular weight excluding hydrogens is 166 g/mol. The number of hydrogen-bond acceptors (Lipinski definition) is 3. The van der Waals surface area contributed by atoms with Gasteiger partial charge in [0.2, 0.25) is 0 Å². The van der Waals surface area contributed by atoms with Crippen LogP contribution in [0.5, 0.6) is 0 Å². The van der Waals surface area contributed by atoms with Crippen LogP contribution in [-0.2, 0) is 9.53 Å². The first-order valence-corrected chi connectivity index (χ1v) is 4.76. The van der Waals surface area contributed by atoms with Crippen LogP contribution in [0.25, 0.3) is 0 Å². The summed E-state index contributed by atoms with van der Waals surface area (Å²) < 4.78 is 4.77.